The van der Waals surface area contributed by atoms with Gasteiger partial charge in [-0.2, -0.15) is 0 Å². The largest absolute Gasteiger partial charge is 0.326 e. The Hall–Kier alpha value is -2.28. The number of anilines is 2. The zero-order valence-electron chi connectivity index (χ0n) is 15.8. The Morgan fingerprint density at radius 3 is 2.43 bits per heavy atom. The predicted octanol–water partition coefficient (Wildman–Crippen LogP) is 4.59. The van der Waals surface area contributed by atoms with E-state index in [1.165, 1.54) is 18.4 Å². The molecule has 0 amide bonds. The molecule has 1 fully saturated rings. The van der Waals surface area contributed by atoms with Gasteiger partial charge in [-0.05, 0) is 61.2 Å². The average molecular weight is 438 g/mol. The van der Waals surface area contributed by atoms with Crippen LogP contribution in [0.1, 0.15) is 41.4 Å². The van der Waals surface area contributed by atoms with Gasteiger partial charge in [-0.3, -0.25) is 0 Å². The highest BCUT2D eigenvalue weighted by molar-refractivity contribution is 9.10. The second kappa shape index (κ2) is 8.39. The third-order valence-corrected chi connectivity index (χ3v) is 5.33. The maximum absolute atomic E-state index is 5.68. The Kier molecular flexibility index (Phi) is 5.71. The first-order chi connectivity index (χ1) is 13.6. The summed E-state index contributed by atoms with van der Waals surface area (Å²) < 4.78 is 1.07. The topological polar surface area (TPSA) is 75.9 Å². The highest BCUT2D eigenvalue weighted by atomic mass is 79.9. The molecule has 3 aromatic rings. The Morgan fingerprint density at radius 2 is 1.79 bits per heavy atom. The first kappa shape index (κ1) is 19.1. The summed E-state index contributed by atoms with van der Waals surface area (Å²) in [5.41, 5.74) is 10.8. The third kappa shape index (κ3) is 4.76. The number of halogens is 1. The van der Waals surface area contributed by atoms with Crippen LogP contribution in [0.5, 0.6) is 0 Å². The molecule has 28 heavy (non-hydrogen) atoms. The summed E-state index contributed by atoms with van der Waals surface area (Å²) in [6.07, 6.45) is 2.44. The number of hydrogen-bond donors (Lipinski definition) is 3. The normalized spacial score (nSPS) is 14.7. The smallest absolute Gasteiger partial charge is 0.227 e. The van der Waals surface area contributed by atoms with Gasteiger partial charge in [-0.15, -0.1) is 0 Å². The number of aryl methyl sites for hydroxylation is 1. The van der Waals surface area contributed by atoms with Crippen LogP contribution >= 0.6 is 15.9 Å². The molecule has 1 unspecified atom stereocenters. The average Bonchev–Trinajstić information content (AvgIpc) is 3.51. The molecule has 0 saturated heterocycles. The number of rotatable bonds is 7. The van der Waals surface area contributed by atoms with E-state index in [1.54, 1.807) is 0 Å². The van der Waals surface area contributed by atoms with E-state index in [1.807, 2.05) is 31.2 Å². The van der Waals surface area contributed by atoms with Gasteiger partial charge in [-0.1, -0.05) is 40.2 Å². The quantitative estimate of drug-likeness (QED) is 0.503. The van der Waals surface area contributed by atoms with Crippen molar-refractivity contribution in [3.63, 3.8) is 0 Å². The maximum atomic E-state index is 5.68. The molecule has 144 valence electrons. The van der Waals surface area contributed by atoms with E-state index in [2.05, 4.69) is 61.9 Å². The molecule has 1 aromatic heterocycles. The predicted molar refractivity (Wildman–Crippen MR) is 117 cm³/mol. The van der Waals surface area contributed by atoms with Crippen molar-refractivity contribution in [2.24, 2.45) is 5.73 Å². The van der Waals surface area contributed by atoms with E-state index in [0.29, 0.717) is 18.5 Å². The third-order valence-electron chi connectivity index (χ3n) is 4.80. The molecule has 5 nitrogen and oxygen atoms in total. The van der Waals surface area contributed by atoms with E-state index in [4.69, 9.17) is 10.7 Å². The number of nitrogens with two attached hydrogens (primary N) is 1. The van der Waals surface area contributed by atoms with Gasteiger partial charge in [0.1, 0.15) is 0 Å². The lowest BCUT2D eigenvalue weighted by Crippen LogP contribution is -2.25. The van der Waals surface area contributed by atoms with Crippen LogP contribution in [0.3, 0.4) is 0 Å². The van der Waals surface area contributed by atoms with Crippen molar-refractivity contribution in [2.45, 2.75) is 38.4 Å². The SMILES string of the molecule is Cc1cc(C(NC2CC2)c2ccc(Br)cc2)nc(Nc2ccc(CN)cc2)n1. The zero-order chi connectivity index (χ0) is 19.5. The summed E-state index contributed by atoms with van der Waals surface area (Å²) in [6, 6.07) is 19.1. The number of benzene rings is 2. The van der Waals surface area contributed by atoms with Crippen LogP contribution in [0, 0.1) is 6.92 Å². The van der Waals surface area contributed by atoms with Gasteiger partial charge >= 0.3 is 0 Å². The highest BCUT2D eigenvalue weighted by Gasteiger charge is 2.27. The fourth-order valence-corrected chi connectivity index (χ4v) is 3.41. The van der Waals surface area contributed by atoms with Crippen LogP contribution in [0.25, 0.3) is 0 Å². The Labute approximate surface area is 173 Å². The van der Waals surface area contributed by atoms with E-state index in [-0.39, 0.29) is 6.04 Å². The minimum absolute atomic E-state index is 0.0440. The molecular weight excluding hydrogens is 414 g/mol. The minimum Gasteiger partial charge on any atom is -0.326 e. The van der Waals surface area contributed by atoms with Gasteiger partial charge in [0.15, 0.2) is 0 Å². The zero-order valence-corrected chi connectivity index (χ0v) is 17.4. The summed E-state index contributed by atoms with van der Waals surface area (Å²) in [4.78, 5) is 9.40. The molecule has 1 heterocycles. The van der Waals surface area contributed by atoms with Crippen LogP contribution in [0.2, 0.25) is 0 Å². The van der Waals surface area contributed by atoms with Crippen molar-refractivity contribution < 1.29 is 0 Å². The van der Waals surface area contributed by atoms with Gasteiger partial charge in [-0.25, -0.2) is 9.97 Å². The lowest BCUT2D eigenvalue weighted by Gasteiger charge is -2.20. The molecule has 1 aliphatic rings. The molecule has 1 saturated carbocycles. The number of nitrogens with one attached hydrogen (secondary N) is 2. The Morgan fingerprint density at radius 1 is 1.07 bits per heavy atom. The fraction of sp³-hybridized carbons (Fsp3) is 0.273. The summed E-state index contributed by atoms with van der Waals surface area (Å²) in [7, 11) is 0. The highest BCUT2D eigenvalue weighted by Crippen LogP contribution is 2.29. The lowest BCUT2D eigenvalue weighted by atomic mass is 10.0. The summed E-state index contributed by atoms with van der Waals surface area (Å²) in [5.74, 6) is 0.607. The Balaban J connectivity index is 1.63. The van der Waals surface area contributed by atoms with Crippen molar-refractivity contribution in [3.05, 3.63) is 81.6 Å². The van der Waals surface area contributed by atoms with Crippen molar-refractivity contribution in [3.8, 4) is 0 Å². The molecule has 2 aromatic carbocycles. The van der Waals surface area contributed by atoms with Gasteiger partial charge in [0.25, 0.3) is 0 Å². The van der Waals surface area contributed by atoms with Gasteiger partial charge in [0.2, 0.25) is 5.95 Å². The molecule has 0 bridgehead atoms. The number of hydrogen-bond acceptors (Lipinski definition) is 5. The van der Waals surface area contributed by atoms with Crippen LogP contribution in [0.15, 0.2) is 59.1 Å². The fourth-order valence-electron chi connectivity index (χ4n) is 3.14. The molecule has 1 atom stereocenters. The van der Waals surface area contributed by atoms with Crippen molar-refractivity contribution >= 4 is 27.6 Å². The molecule has 0 spiro atoms. The van der Waals surface area contributed by atoms with Gasteiger partial charge < -0.3 is 16.4 Å². The summed E-state index contributed by atoms with van der Waals surface area (Å²) >= 11 is 3.52. The van der Waals surface area contributed by atoms with Gasteiger partial charge in [0.05, 0.1) is 11.7 Å². The lowest BCUT2D eigenvalue weighted by molar-refractivity contribution is 0.586. The van der Waals surface area contributed by atoms with Crippen molar-refractivity contribution in [1.29, 1.82) is 0 Å². The van der Waals surface area contributed by atoms with Crippen molar-refractivity contribution in [2.75, 3.05) is 5.32 Å². The van der Waals surface area contributed by atoms with Gasteiger partial charge in [0, 0.05) is 28.4 Å². The summed E-state index contributed by atoms with van der Waals surface area (Å²) in [5, 5.41) is 7.05. The van der Waals surface area contributed by atoms with Crippen LogP contribution < -0.4 is 16.4 Å². The first-order valence-electron chi connectivity index (χ1n) is 9.54. The maximum Gasteiger partial charge on any atom is 0.227 e. The molecule has 4 N–H and O–H groups in total. The molecular formula is C22H24BrN5. The van der Waals surface area contributed by atoms with Crippen molar-refractivity contribution in [1.82, 2.24) is 15.3 Å². The van der Waals surface area contributed by atoms with E-state index < -0.39 is 0 Å². The molecule has 6 heteroatoms. The molecule has 4 rings (SSSR count). The van der Waals surface area contributed by atoms with Crippen LogP contribution in [-0.4, -0.2) is 16.0 Å². The van der Waals surface area contributed by atoms with E-state index in [9.17, 15) is 0 Å². The van der Waals surface area contributed by atoms with E-state index in [0.717, 1.165) is 27.1 Å². The molecule has 0 radical (unpaired) electrons. The Bertz CT molecular complexity index is 936. The molecule has 0 aliphatic heterocycles. The van der Waals surface area contributed by atoms with Crippen LogP contribution in [0.4, 0.5) is 11.6 Å². The minimum atomic E-state index is 0.0440. The van der Waals surface area contributed by atoms with E-state index >= 15 is 0 Å². The second-order valence-corrected chi connectivity index (χ2v) is 8.13. The standard InChI is InChI=1S/C22H24BrN5/c1-14-12-20(21(26-18-10-11-18)16-4-6-17(23)7-5-16)28-22(25-14)27-19-8-2-15(13-24)3-9-19/h2-9,12,18,21,26H,10-11,13,24H2,1H3,(H,25,27,28). The second-order valence-electron chi connectivity index (χ2n) is 7.21. The van der Waals surface area contributed by atoms with Crippen LogP contribution in [-0.2, 0) is 6.54 Å². The number of aromatic nitrogens is 2. The molecule has 1 aliphatic carbocycles. The first-order valence-corrected chi connectivity index (χ1v) is 10.3. The summed E-state index contributed by atoms with van der Waals surface area (Å²) in [6.45, 7) is 2.54. The number of nitrogens with zero attached hydrogens (tertiary/aromatic N) is 2. The monoisotopic (exact) mass is 437 g/mol.